The largest absolute Gasteiger partial charge is 0.481 e. The Balaban J connectivity index is 3.30. The second-order valence-electron chi connectivity index (χ2n) is 4.25. The maximum atomic E-state index is 13.3. The highest BCUT2D eigenvalue weighted by molar-refractivity contribution is 6.31. The van der Waals surface area contributed by atoms with E-state index in [9.17, 15) is 19.3 Å². The second kappa shape index (κ2) is 6.51. The second-order valence-corrected chi connectivity index (χ2v) is 4.65. The average molecular weight is 305 g/mol. The molecule has 1 aromatic carbocycles. The molecule has 1 rings (SSSR count). The van der Waals surface area contributed by atoms with Gasteiger partial charge in [0.2, 0.25) is 0 Å². The number of rotatable bonds is 6. The normalized spacial score (nSPS) is 12.0. The Morgan fingerprint density at radius 3 is 2.65 bits per heavy atom. The summed E-state index contributed by atoms with van der Waals surface area (Å²) in [5, 5.41) is 19.6. The predicted octanol–water partition coefficient (Wildman–Crippen LogP) is 3.08. The molecule has 0 saturated heterocycles. The molecule has 0 bridgehead atoms. The van der Waals surface area contributed by atoms with Gasteiger partial charge >= 0.3 is 5.97 Å². The number of hydrogen-bond donors (Lipinski definition) is 1. The number of aliphatic carboxylic acids is 1. The van der Waals surface area contributed by atoms with Gasteiger partial charge in [0.1, 0.15) is 11.5 Å². The van der Waals surface area contributed by atoms with Crippen molar-refractivity contribution in [1.82, 2.24) is 0 Å². The van der Waals surface area contributed by atoms with Gasteiger partial charge < -0.3 is 10.0 Å². The van der Waals surface area contributed by atoms with Crippen molar-refractivity contribution in [3.05, 3.63) is 33.1 Å². The van der Waals surface area contributed by atoms with E-state index in [0.717, 1.165) is 12.1 Å². The van der Waals surface area contributed by atoms with E-state index < -0.39 is 28.4 Å². The van der Waals surface area contributed by atoms with Gasteiger partial charge in [0, 0.05) is 12.6 Å². The molecule has 0 spiro atoms. The highest BCUT2D eigenvalue weighted by atomic mass is 35.5. The van der Waals surface area contributed by atoms with Crippen molar-refractivity contribution in [3.8, 4) is 0 Å². The van der Waals surface area contributed by atoms with Crippen molar-refractivity contribution in [3.63, 3.8) is 0 Å². The van der Waals surface area contributed by atoms with Crippen LogP contribution in [0.25, 0.3) is 0 Å². The first-order valence-corrected chi connectivity index (χ1v) is 6.27. The SMILES string of the molecule is CCN(c1cc(Cl)c(F)cc1[N+](=O)[O-])C(C)CC(=O)O. The fourth-order valence-electron chi connectivity index (χ4n) is 1.98. The lowest BCUT2D eigenvalue weighted by molar-refractivity contribution is -0.384. The summed E-state index contributed by atoms with van der Waals surface area (Å²) in [6, 6.07) is 1.41. The van der Waals surface area contributed by atoms with Crippen LogP contribution in [0, 0.1) is 15.9 Å². The number of benzene rings is 1. The molecular weight excluding hydrogens is 291 g/mol. The summed E-state index contributed by atoms with van der Waals surface area (Å²) >= 11 is 5.66. The van der Waals surface area contributed by atoms with E-state index in [1.807, 2.05) is 0 Å². The molecule has 1 unspecified atom stereocenters. The predicted molar refractivity (Wildman–Crippen MR) is 72.8 cm³/mol. The average Bonchev–Trinajstić information content (AvgIpc) is 2.32. The number of nitrogens with zero attached hydrogens (tertiary/aromatic N) is 2. The molecule has 0 amide bonds. The van der Waals surface area contributed by atoms with Gasteiger partial charge in [-0.05, 0) is 19.9 Å². The van der Waals surface area contributed by atoms with Crippen molar-refractivity contribution in [2.45, 2.75) is 26.3 Å². The molecule has 0 aromatic heterocycles. The maximum absolute atomic E-state index is 13.3. The number of carboxylic acids is 1. The Bertz CT molecular complexity index is 538. The number of carboxylic acid groups (broad SMARTS) is 1. The highest BCUT2D eigenvalue weighted by Crippen LogP contribution is 2.34. The van der Waals surface area contributed by atoms with Crippen LogP contribution in [0.5, 0.6) is 0 Å². The van der Waals surface area contributed by atoms with Crippen LogP contribution in [-0.4, -0.2) is 28.6 Å². The van der Waals surface area contributed by atoms with E-state index in [1.165, 1.54) is 4.90 Å². The van der Waals surface area contributed by atoms with Gasteiger partial charge in [-0.1, -0.05) is 11.6 Å². The minimum atomic E-state index is -1.02. The maximum Gasteiger partial charge on any atom is 0.305 e. The number of halogens is 2. The van der Waals surface area contributed by atoms with Crippen LogP contribution in [0.3, 0.4) is 0 Å². The van der Waals surface area contributed by atoms with Crippen molar-refractivity contribution in [2.75, 3.05) is 11.4 Å². The monoisotopic (exact) mass is 304 g/mol. The summed E-state index contributed by atoms with van der Waals surface area (Å²) in [7, 11) is 0. The first-order valence-electron chi connectivity index (χ1n) is 5.89. The third-order valence-electron chi connectivity index (χ3n) is 2.87. The van der Waals surface area contributed by atoms with Gasteiger partial charge in [-0.3, -0.25) is 14.9 Å². The van der Waals surface area contributed by atoms with Crippen molar-refractivity contribution >= 4 is 28.9 Å². The zero-order valence-electron chi connectivity index (χ0n) is 11.0. The lowest BCUT2D eigenvalue weighted by Crippen LogP contribution is -2.35. The van der Waals surface area contributed by atoms with Gasteiger partial charge in [-0.15, -0.1) is 0 Å². The lowest BCUT2D eigenvalue weighted by Gasteiger charge is -2.29. The molecule has 0 heterocycles. The first kappa shape index (κ1) is 16.2. The molecule has 20 heavy (non-hydrogen) atoms. The molecule has 0 radical (unpaired) electrons. The molecular formula is C12H14ClFN2O4. The smallest absolute Gasteiger partial charge is 0.305 e. The van der Waals surface area contributed by atoms with Gasteiger partial charge in [0.15, 0.2) is 0 Å². The molecule has 1 atom stereocenters. The molecule has 8 heteroatoms. The van der Waals surface area contributed by atoms with E-state index in [-0.39, 0.29) is 17.1 Å². The molecule has 1 N–H and O–H groups in total. The Kier molecular flexibility index (Phi) is 5.26. The summed E-state index contributed by atoms with van der Waals surface area (Å²) in [6.45, 7) is 3.68. The Morgan fingerprint density at radius 2 is 2.20 bits per heavy atom. The number of hydrogen-bond acceptors (Lipinski definition) is 4. The Labute approximate surface area is 119 Å². The van der Waals surface area contributed by atoms with E-state index in [2.05, 4.69) is 0 Å². The quantitative estimate of drug-likeness (QED) is 0.645. The third-order valence-corrected chi connectivity index (χ3v) is 3.16. The third kappa shape index (κ3) is 3.57. The van der Waals surface area contributed by atoms with Crippen LogP contribution in [0.1, 0.15) is 20.3 Å². The molecule has 0 fully saturated rings. The summed E-state index contributed by atoms with van der Waals surface area (Å²) < 4.78 is 13.3. The summed E-state index contributed by atoms with van der Waals surface area (Å²) in [5.74, 6) is -1.91. The van der Waals surface area contributed by atoms with Crippen molar-refractivity contribution in [2.24, 2.45) is 0 Å². The number of carbonyl (C=O) groups is 1. The van der Waals surface area contributed by atoms with Gasteiger partial charge in [-0.2, -0.15) is 0 Å². The Hall–Kier alpha value is -1.89. The number of anilines is 1. The summed E-state index contributed by atoms with van der Waals surface area (Å²) in [4.78, 5) is 22.6. The minimum Gasteiger partial charge on any atom is -0.481 e. The van der Waals surface area contributed by atoms with Crippen LogP contribution in [-0.2, 0) is 4.79 Å². The van der Waals surface area contributed by atoms with Crippen molar-refractivity contribution < 1.29 is 19.2 Å². The first-order chi connectivity index (χ1) is 9.27. The van der Waals surface area contributed by atoms with Crippen LogP contribution >= 0.6 is 11.6 Å². The Morgan fingerprint density at radius 1 is 1.60 bits per heavy atom. The standard InChI is InChI=1S/C12H14ClFN2O4/c1-3-15(7(2)4-12(17)18)10-5-8(13)9(14)6-11(10)16(19)20/h5-7H,3-4H2,1-2H3,(H,17,18). The van der Waals surface area contributed by atoms with Crippen LogP contribution in [0.15, 0.2) is 12.1 Å². The van der Waals surface area contributed by atoms with Gasteiger partial charge in [-0.25, -0.2) is 4.39 Å². The van der Waals surface area contributed by atoms with Crippen LogP contribution in [0.2, 0.25) is 5.02 Å². The zero-order chi connectivity index (χ0) is 15.4. The minimum absolute atomic E-state index is 0.109. The molecule has 0 aliphatic rings. The van der Waals surface area contributed by atoms with Crippen LogP contribution < -0.4 is 4.90 Å². The van der Waals surface area contributed by atoms with Gasteiger partial charge in [0.05, 0.1) is 22.4 Å². The number of nitro benzene ring substituents is 1. The molecule has 0 aliphatic heterocycles. The fraction of sp³-hybridized carbons (Fsp3) is 0.417. The van der Waals surface area contributed by atoms with Crippen LogP contribution in [0.4, 0.5) is 15.8 Å². The summed E-state index contributed by atoms with van der Waals surface area (Å²) in [5.41, 5.74) is -0.330. The topological polar surface area (TPSA) is 83.7 Å². The molecule has 6 nitrogen and oxygen atoms in total. The highest BCUT2D eigenvalue weighted by Gasteiger charge is 2.25. The molecule has 110 valence electrons. The van der Waals surface area contributed by atoms with Crippen molar-refractivity contribution in [1.29, 1.82) is 0 Å². The van der Waals surface area contributed by atoms with Gasteiger partial charge in [0.25, 0.3) is 5.69 Å². The van der Waals surface area contributed by atoms with E-state index >= 15 is 0 Å². The number of nitro groups is 1. The zero-order valence-corrected chi connectivity index (χ0v) is 11.7. The van der Waals surface area contributed by atoms with E-state index in [0.29, 0.717) is 6.54 Å². The molecule has 0 aliphatic carbocycles. The summed E-state index contributed by atoms with van der Waals surface area (Å²) in [6.07, 6.45) is -0.194. The fourth-order valence-corrected chi connectivity index (χ4v) is 2.14. The molecule has 1 aromatic rings. The van der Waals surface area contributed by atoms with E-state index in [4.69, 9.17) is 16.7 Å². The van der Waals surface area contributed by atoms with E-state index in [1.54, 1.807) is 13.8 Å². The lowest BCUT2D eigenvalue weighted by atomic mass is 10.1. The molecule has 0 saturated carbocycles.